The normalized spacial score (nSPS) is 12.3. The van der Waals surface area contributed by atoms with Gasteiger partial charge in [0.15, 0.2) is 0 Å². The van der Waals surface area contributed by atoms with E-state index in [1.54, 1.807) is 31.2 Å². The first-order chi connectivity index (χ1) is 13.2. The average molecular weight is 429 g/mol. The minimum Gasteiger partial charge on any atom is -0.494 e. The molecule has 0 saturated heterocycles. The van der Waals surface area contributed by atoms with E-state index in [2.05, 4.69) is 5.32 Å². The summed E-state index contributed by atoms with van der Waals surface area (Å²) in [5.41, 5.74) is 0.582. The van der Waals surface area contributed by atoms with Gasteiger partial charge in [0.25, 0.3) is 0 Å². The fourth-order valence-corrected chi connectivity index (χ4v) is 4.12. The number of hydrogen-bond acceptors (Lipinski definition) is 4. The third-order valence-corrected chi connectivity index (χ3v) is 5.37. The summed E-state index contributed by atoms with van der Waals surface area (Å²) in [6.45, 7) is 4.00. The van der Waals surface area contributed by atoms with Gasteiger partial charge in [0.1, 0.15) is 17.6 Å². The Morgan fingerprint density at radius 2 is 1.96 bits per heavy atom. The molecule has 0 bridgehead atoms. The van der Waals surface area contributed by atoms with Crippen molar-refractivity contribution in [1.29, 1.82) is 0 Å². The average Bonchev–Trinajstić information content (AvgIpc) is 2.61. The van der Waals surface area contributed by atoms with Crippen LogP contribution in [0.5, 0.6) is 5.75 Å². The number of anilines is 2. The van der Waals surface area contributed by atoms with E-state index in [9.17, 15) is 17.6 Å². The third kappa shape index (κ3) is 5.36. The van der Waals surface area contributed by atoms with Crippen molar-refractivity contribution in [2.24, 2.45) is 0 Å². The number of amides is 1. The van der Waals surface area contributed by atoms with E-state index in [0.29, 0.717) is 18.0 Å². The minimum atomic E-state index is -3.85. The summed E-state index contributed by atoms with van der Waals surface area (Å²) in [5, 5.41) is 2.48. The van der Waals surface area contributed by atoms with Crippen molar-refractivity contribution >= 4 is 38.9 Å². The molecular formula is C19H22ClFN2O4S. The van der Waals surface area contributed by atoms with Gasteiger partial charge in [0.2, 0.25) is 15.9 Å². The maximum absolute atomic E-state index is 13.5. The summed E-state index contributed by atoms with van der Waals surface area (Å²) >= 11 is 5.80. The summed E-state index contributed by atoms with van der Waals surface area (Å²) in [5.74, 6) is -0.621. The number of nitrogens with one attached hydrogen (secondary N) is 1. The number of halogens is 2. The monoisotopic (exact) mass is 428 g/mol. The molecule has 0 aliphatic rings. The molecule has 1 amide bonds. The predicted molar refractivity (Wildman–Crippen MR) is 109 cm³/mol. The zero-order valence-corrected chi connectivity index (χ0v) is 17.3. The van der Waals surface area contributed by atoms with Gasteiger partial charge < -0.3 is 10.1 Å². The Morgan fingerprint density at radius 3 is 2.54 bits per heavy atom. The van der Waals surface area contributed by atoms with Crippen molar-refractivity contribution in [3.05, 3.63) is 53.3 Å². The Bertz CT molecular complexity index is 953. The van der Waals surface area contributed by atoms with Crippen molar-refractivity contribution in [3.8, 4) is 5.75 Å². The Kier molecular flexibility index (Phi) is 7.26. The van der Waals surface area contributed by atoms with Crippen LogP contribution in [-0.4, -0.2) is 33.2 Å². The van der Waals surface area contributed by atoms with E-state index < -0.39 is 27.8 Å². The molecule has 0 aliphatic heterocycles. The molecule has 0 aromatic heterocycles. The molecule has 1 N–H and O–H groups in total. The Balaban J connectivity index is 2.36. The number of hydrogen-bond donors (Lipinski definition) is 1. The van der Waals surface area contributed by atoms with Gasteiger partial charge in [-0.3, -0.25) is 9.10 Å². The van der Waals surface area contributed by atoms with Crippen LogP contribution in [0.25, 0.3) is 0 Å². The largest absolute Gasteiger partial charge is 0.494 e. The van der Waals surface area contributed by atoms with Crippen LogP contribution < -0.4 is 14.4 Å². The molecule has 0 spiro atoms. The van der Waals surface area contributed by atoms with Crippen molar-refractivity contribution in [1.82, 2.24) is 0 Å². The van der Waals surface area contributed by atoms with Gasteiger partial charge in [-0.2, -0.15) is 0 Å². The van der Waals surface area contributed by atoms with Crippen molar-refractivity contribution < 1.29 is 22.3 Å². The van der Waals surface area contributed by atoms with Crippen molar-refractivity contribution in [2.45, 2.75) is 26.3 Å². The van der Waals surface area contributed by atoms with Gasteiger partial charge in [-0.25, -0.2) is 12.8 Å². The second-order valence-corrected chi connectivity index (χ2v) is 8.30. The number of rotatable bonds is 8. The van der Waals surface area contributed by atoms with E-state index in [4.69, 9.17) is 16.3 Å². The predicted octanol–water partition coefficient (Wildman–Crippen LogP) is 4.06. The van der Waals surface area contributed by atoms with Gasteiger partial charge in [0, 0.05) is 11.8 Å². The molecule has 2 aromatic rings. The number of carbonyl (C=O) groups excluding carboxylic acids is 1. The molecule has 1 atom stereocenters. The van der Waals surface area contributed by atoms with Crippen LogP contribution in [0.1, 0.15) is 20.3 Å². The first-order valence-electron chi connectivity index (χ1n) is 8.65. The first-order valence-corrected chi connectivity index (χ1v) is 10.9. The topological polar surface area (TPSA) is 75.7 Å². The number of sulfonamides is 1. The highest BCUT2D eigenvalue weighted by Gasteiger charge is 2.32. The van der Waals surface area contributed by atoms with Gasteiger partial charge in [0.05, 0.1) is 23.6 Å². The zero-order valence-electron chi connectivity index (χ0n) is 15.8. The van der Waals surface area contributed by atoms with Crippen LogP contribution in [0.15, 0.2) is 42.5 Å². The summed E-state index contributed by atoms with van der Waals surface area (Å²) in [6.07, 6.45) is 1.18. The van der Waals surface area contributed by atoms with E-state index >= 15 is 0 Å². The summed E-state index contributed by atoms with van der Waals surface area (Å²) < 4.78 is 44.7. The smallest absolute Gasteiger partial charge is 0.248 e. The maximum atomic E-state index is 13.5. The second-order valence-electron chi connectivity index (χ2n) is 6.03. The SMILES string of the molecule is CCOc1cccc(NC(=O)[C@@H](CC)N(c2ccc(F)c(Cl)c2)S(C)(=O)=O)c1. The standard InChI is InChI=1S/C19H22ClFN2O4S/c1-4-18(19(24)22-13-7-6-8-15(11-13)27-5-2)23(28(3,25)26)14-9-10-17(21)16(20)12-14/h6-12,18H,4-5H2,1-3H3,(H,22,24)/t18-/m1/s1. The van der Waals surface area contributed by atoms with Crippen molar-refractivity contribution in [3.63, 3.8) is 0 Å². The van der Waals surface area contributed by atoms with E-state index in [0.717, 1.165) is 16.6 Å². The highest BCUT2D eigenvalue weighted by atomic mass is 35.5. The van der Waals surface area contributed by atoms with Crippen LogP contribution in [-0.2, 0) is 14.8 Å². The third-order valence-electron chi connectivity index (χ3n) is 3.90. The molecule has 152 valence electrons. The molecule has 6 nitrogen and oxygen atoms in total. The minimum absolute atomic E-state index is 0.110. The van der Waals surface area contributed by atoms with E-state index in [1.807, 2.05) is 6.92 Å². The number of nitrogens with zero attached hydrogens (tertiary/aromatic N) is 1. The Morgan fingerprint density at radius 1 is 1.25 bits per heavy atom. The molecule has 0 aliphatic carbocycles. The van der Waals surface area contributed by atoms with Gasteiger partial charge >= 0.3 is 0 Å². The Labute approximate surface area is 169 Å². The fraction of sp³-hybridized carbons (Fsp3) is 0.316. The van der Waals surface area contributed by atoms with Crippen LogP contribution >= 0.6 is 11.6 Å². The van der Waals surface area contributed by atoms with Crippen LogP contribution in [0, 0.1) is 5.82 Å². The van der Waals surface area contributed by atoms with Gasteiger partial charge in [-0.05, 0) is 43.7 Å². The molecule has 9 heteroatoms. The van der Waals surface area contributed by atoms with Gasteiger partial charge in [-0.15, -0.1) is 0 Å². The lowest BCUT2D eigenvalue weighted by atomic mass is 10.1. The van der Waals surface area contributed by atoms with Gasteiger partial charge in [-0.1, -0.05) is 24.6 Å². The highest BCUT2D eigenvalue weighted by Crippen LogP contribution is 2.28. The first kappa shape index (κ1) is 22.0. The van der Waals surface area contributed by atoms with Crippen LogP contribution in [0.3, 0.4) is 0 Å². The number of ether oxygens (including phenoxy) is 1. The number of carbonyl (C=O) groups is 1. The number of benzene rings is 2. The molecule has 0 heterocycles. The molecule has 0 saturated carbocycles. The molecular weight excluding hydrogens is 407 g/mol. The van der Waals surface area contributed by atoms with Crippen LogP contribution in [0.2, 0.25) is 5.02 Å². The molecule has 2 aromatic carbocycles. The molecule has 2 rings (SSSR count). The zero-order chi connectivity index (χ0) is 20.9. The molecule has 0 fully saturated rings. The van der Waals surface area contributed by atoms with E-state index in [-0.39, 0.29) is 17.1 Å². The Hall–Kier alpha value is -2.32. The van der Waals surface area contributed by atoms with Crippen LogP contribution in [0.4, 0.5) is 15.8 Å². The summed E-state index contributed by atoms with van der Waals surface area (Å²) in [4.78, 5) is 12.9. The summed E-state index contributed by atoms with van der Waals surface area (Å²) in [6, 6.07) is 9.26. The lowest BCUT2D eigenvalue weighted by Gasteiger charge is -2.30. The quantitative estimate of drug-likeness (QED) is 0.687. The molecule has 0 radical (unpaired) electrons. The fourth-order valence-electron chi connectivity index (χ4n) is 2.74. The highest BCUT2D eigenvalue weighted by molar-refractivity contribution is 7.92. The summed E-state index contributed by atoms with van der Waals surface area (Å²) in [7, 11) is -3.85. The second kappa shape index (κ2) is 9.25. The lowest BCUT2D eigenvalue weighted by molar-refractivity contribution is -0.117. The molecule has 0 unspecified atom stereocenters. The van der Waals surface area contributed by atoms with E-state index in [1.165, 1.54) is 12.1 Å². The van der Waals surface area contributed by atoms with Crippen molar-refractivity contribution in [2.75, 3.05) is 22.5 Å². The molecule has 28 heavy (non-hydrogen) atoms. The maximum Gasteiger partial charge on any atom is 0.248 e. The lowest BCUT2D eigenvalue weighted by Crippen LogP contribution is -2.47.